The Hall–Kier alpha value is 1.97. The van der Waals surface area contributed by atoms with Gasteiger partial charge in [-0.3, -0.25) is 28.0 Å². The fourth-order valence-corrected chi connectivity index (χ4v) is 5.07. The monoisotopic (exact) mass is 550 g/mol. The molecule has 17 nitrogen and oxygen atoms in total. The molecule has 4 N–H and O–H groups in total. The molecule has 2 rings (SSSR count). The van der Waals surface area contributed by atoms with Crippen molar-refractivity contribution < 1.29 is 150 Å². The average Bonchev–Trinajstić information content (AvgIpc) is 2.78. The van der Waals surface area contributed by atoms with Crippen molar-refractivity contribution in [2.75, 3.05) is 6.61 Å². The van der Waals surface area contributed by atoms with Crippen molar-refractivity contribution in [3.05, 3.63) is 33.1 Å². The molecule has 0 bridgehead atoms. The largest absolute Gasteiger partial charge is 1.00 e. The Morgan fingerprint density at radius 1 is 1.03 bits per heavy atom. The third-order valence-electron chi connectivity index (χ3n) is 3.26. The van der Waals surface area contributed by atoms with E-state index in [1.807, 2.05) is 4.98 Å². The van der Waals surface area contributed by atoms with E-state index in [0.717, 1.165) is 12.3 Å². The van der Waals surface area contributed by atoms with E-state index in [1.54, 1.807) is 0 Å². The molecule has 0 saturated carbocycles. The van der Waals surface area contributed by atoms with Crippen LogP contribution in [0.2, 0.25) is 0 Å². The number of hydrogen-bond acceptors (Lipinski definition) is 14. The third kappa shape index (κ3) is 10.9. The summed E-state index contributed by atoms with van der Waals surface area (Å²) < 4.78 is 49.3. The number of aliphatic hydroxyl groups is 2. The number of H-pyrrole nitrogens is 1. The summed E-state index contributed by atoms with van der Waals surface area (Å²) in [6.07, 6.45) is -5.93. The maximum absolute atomic E-state index is 11.7. The van der Waals surface area contributed by atoms with Crippen molar-refractivity contribution in [3.63, 3.8) is 0 Å². The molecular formula is C9H12N2Na3O15P3. The van der Waals surface area contributed by atoms with Crippen LogP contribution in [-0.2, 0) is 31.6 Å². The minimum Gasteiger partial charge on any atom is -0.756 e. The van der Waals surface area contributed by atoms with Gasteiger partial charge >= 0.3 is 94.4 Å². The van der Waals surface area contributed by atoms with Gasteiger partial charge in [0.2, 0.25) is 0 Å². The standard InChI is InChI=1S/C9H15N2O15P3.3Na/c12-5-1-2-11(9(15)10-5)8-7(14)6(13)4(24-8)3-23-28(19,20)26-29(21,22)25-27(16,17)18;;;/h1-2,4,6-8,13-14H,3H2,(H,19,20)(H,21,22)(H,10,12,15)(H2,16,17,18);;;/q;3*+1/p-3/t4-,6-,7-,8-;;;/m1.../s1. The maximum atomic E-state index is 11.7. The van der Waals surface area contributed by atoms with Crippen molar-refractivity contribution in [1.29, 1.82) is 0 Å². The number of nitrogens with one attached hydrogen (secondary N) is 1. The number of phosphoric ester groups is 1. The topological polar surface area (TPSA) is 273 Å². The van der Waals surface area contributed by atoms with E-state index in [-0.39, 0.29) is 88.7 Å². The number of nitrogens with zero attached hydrogens (tertiary/aromatic N) is 1. The molecule has 0 radical (unpaired) electrons. The van der Waals surface area contributed by atoms with Crippen molar-refractivity contribution in [2.24, 2.45) is 0 Å². The zero-order valence-electron chi connectivity index (χ0n) is 16.7. The van der Waals surface area contributed by atoms with Gasteiger partial charge < -0.3 is 39.0 Å². The smallest absolute Gasteiger partial charge is 0.756 e. The molecule has 1 saturated heterocycles. The van der Waals surface area contributed by atoms with E-state index >= 15 is 0 Å². The molecule has 1 aliphatic heterocycles. The minimum atomic E-state index is -6.10. The van der Waals surface area contributed by atoms with Crippen LogP contribution >= 0.6 is 23.5 Å². The molecule has 0 aliphatic carbocycles. The van der Waals surface area contributed by atoms with Gasteiger partial charge in [-0.05, 0) is 0 Å². The van der Waals surface area contributed by atoms with Crippen LogP contribution in [-0.4, -0.2) is 49.6 Å². The summed E-state index contributed by atoms with van der Waals surface area (Å²) in [4.78, 5) is 65.8. The Bertz CT molecular complexity index is 1010. The Morgan fingerprint density at radius 3 is 2.09 bits per heavy atom. The Kier molecular flexibility index (Phi) is 15.9. The Labute approximate surface area is 244 Å². The fourth-order valence-electron chi connectivity index (χ4n) is 2.18. The number of phosphoric acid groups is 3. The van der Waals surface area contributed by atoms with Crippen LogP contribution in [0.15, 0.2) is 21.9 Å². The summed E-state index contributed by atoms with van der Waals surface area (Å²) in [5.74, 6) is 0. The van der Waals surface area contributed by atoms with E-state index in [4.69, 9.17) is 9.63 Å². The van der Waals surface area contributed by atoms with E-state index in [0.29, 0.717) is 4.57 Å². The number of rotatable bonds is 8. The zero-order chi connectivity index (χ0) is 22.2. The first-order chi connectivity index (χ1) is 13.1. The van der Waals surface area contributed by atoms with Gasteiger partial charge in [-0.1, -0.05) is 0 Å². The number of aromatic amines is 1. The predicted octanol–water partition coefficient (Wildman–Crippen LogP) is -13.4. The van der Waals surface area contributed by atoms with Gasteiger partial charge in [0.15, 0.2) is 6.23 Å². The molecule has 1 aliphatic rings. The number of aliphatic hydroxyl groups excluding tert-OH is 2. The average molecular weight is 550 g/mol. The molecule has 1 fully saturated rings. The van der Waals surface area contributed by atoms with Gasteiger partial charge in [0.25, 0.3) is 29.0 Å². The van der Waals surface area contributed by atoms with Crippen LogP contribution in [0.1, 0.15) is 6.23 Å². The molecule has 23 heteroatoms. The zero-order valence-corrected chi connectivity index (χ0v) is 25.4. The summed E-state index contributed by atoms with van der Waals surface area (Å²) in [5.41, 5.74) is -1.79. The SMILES string of the molecule is O=c1ccn([C@@H]2O[C@H](COP(=O)([O-])OP(=O)([O-])OP(=O)([O-])O)[C@@H](O)[C@H]2O)c(=O)[nH]1.[Na+].[Na+].[Na+]. The summed E-state index contributed by atoms with van der Waals surface area (Å²) in [5, 5.41) is 19.8. The molecule has 0 aromatic carbocycles. The summed E-state index contributed by atoms with van der Waals surface area (Å²) in [7, 11) is -17.8. The van der Waals surface area contributed by atoms with Crippen molar-refractivity contribution in [1.82, 2.24) is 9.55 Å². The van der Waals surface area contributed by atoms with Crippen molar-refractivity contribution in [2.45, 2.75) is 24.5 Å². The Morgan fingerprint density at radius 2 is 1.59 bits per heavy atom. The quantitative estimate of drug-likeness (QED) is 0.173. The molecule has 7 atom stereocenters. The normalized spacial score (nSPS) is 28.1. The molecule has 0 amide bonds. The first kappa shape index (κ1) is 36.1. The number of hydrogen-bond donors (Lipinski definition) is 4. The van der Waals surface area contributed by atoms with Crippen LogP contribution in [0, 0.1) is 0 Å². The van der Waals surface area contributed by atoms with Crippen molar-refractivity contribution >= 4 is 23.5 Å². The molecule has 3 unspecified atom stereocenters. The second-order valence-corrected chi connectivity index (χ2v) is 9.68. The van der Waals surface area contributed by atoms with Gasteiger partial charge in [-0.15, -0.1) is 0 Å². The summed E-state index contributed by atoms with van der Waals surface area (Å²) in [6, 6.07) is 0.898. The summed E-state index contributed by atoms with van der Waals surface area (Å²) in [6.45, 7) is -1.15. The molecular weight excluding hydrogens is 538 g/mol. The van der Waals surface area contributed by atoms with Crippen LogP contribution in [0.5, 0.6) is 0 Å². The third-order valence-corrected chi connectivity index (χ3v) is 6.95. The molecule has 166 valence electrons. The first-order valence-electron chi connectivity index (χ1n) is 7.16. The van der Waals surface area contributed by atoms with Gasteiger partial charge in [0.05, 0.1) is 6.61 Å². The molecule has 1 aromatic heterocycles. The van der Waals surface area contributed by atoms with Gasteiger partial charge in [-0.2, -0.15) is 0 Å². The number of ether oxygens (including phenoxy) is 1. The molecule has 0 spiro atoms. The van der Waals surface area contributed by atoms with Crippen LogP contribution in [0.4, 0.5) is 0 Å². The molecule has 2 heterocycles. The predicted molar refractivity (Wildman–Crippen MR) is 80.4 cm³/mol. The number of aromatic nitrogens is 2. The van der Waals surface area contributed by atoms with Gasteiger partial charge in [0, 0.05) is 12.3 Å². The van der Waals surface area contributed by atoms with E-state index in [1.165, 1.54) is 0 Å². The van der Waals surface area contributed by atoms with Crippen LogP contribution < -0.4 is 115 Å². The van der Waals surface area contributed by atoms with E-state index < -0.39 is 65.9 Å². The second-order valence-electron chi connectivity index (χ2n) is 5.39. The van der Waals surface area contributed by atoms with Crippen molar-refractivity contribution in [3.8, 4) is 0 Å². The van der Waals surface area contributed by atoms with Crippen LogP contribution in [0.25, 0.3) is 0 Å². The molecule has 1 aromatic rings. The molecule has 32 heavy (non-hydrogen) atoms. The van der Waals surface area contributed by atoms with Gasteiger partial charge in [0.1, 0.15) is 18.3 Å². The maximum Gasteiger partial charge on any atom is 1.00 e. The van der Waals surface area contributed by atoms with Gasteiger partial charge in [-0.25, -0.2) is 13.4 Å². The van der Waals surface area contributed by atoms with E-state index in [9.17, 15) is 48.2 Å². The fraction of sp³-hybridized carbons (Fsp3) is 0.556. The minimum absolute atomic E-state index is 0. The van der Waals surface area contributed by atoms with E-state index in [2.05, 4.69) is 13.1 Å². The first-order valence-corrected chi connectivity index (χ1v) is 11.6. The Balaban J connectivity index is 0. The van der Waals surface area contributed by atoms with Crippen LogP contribution in [0.3, 0.4) is 0 Å². The second kappa shape index (κ2) is 14.1. The summed E-state index contributed by atoms with van der Waals surface area (Å²) >= 11 is 0.